The summed E-state index contributed by atoms with van der Waals surface area (Å²) in [6.45, 7) is 2.91. The molecular formula is C17H26N2O2. The van der Waals surface area contributed by atoms with Crippen LogP contribution >= 0.6 is 0 Å². The third-order valence-corrected chi connectivity index (χ3v) is 3.82. The van der Waals surface area contributed by atoms with Crippen LogP contribution in [-0.4, -0.2) is 25.1 Å². The highest BCUT2D eigenvalue weighted by Gasteiger charge is 2.14. The Morgan fingerprint density at radius 2 is 2.00 bits per heavy atom. The Labute approximate surface area is 127 Å². The summed E-state index contributed by atoms with van der Waals surface area (Å²) in [5.41, 5.74) is 0.914. The van der Waals surface area contributed by atoms with Crippen LogP contribution in [0.2, 0.25) is 0 Å². The van der Waals surface area contributed by atoms with Crippen molar-refractivity contribution in [3.63, 3.8) is 0 Å². The number of carbonyl (C=O) groups excluding carboxylic acids is 1. The molecule has 0 aliphatic heterocycles. The van der Waals surface area contributed by atoms with E-state index in [4.69, 9.17) is 4.74 Å². The Kier molecular flexibility index (Phi) is 6.38. The molecule has 0 atom stereocenters. The van der Waals surface area contributed by atoms with Crippen LogP contribution in [-0.2, 0) is 4.79 Å². The molecule has 21 heavy (non-hydrogen) atoms. The number of hydrogen-bond acceptors (Lipinski definition) is 3. The minimum Gasteiger partial charge on any atom is -0.494 e. The molecule has 0 heterocycles. The average Bonchev–Trinajstić information content (AvgIpc) is 2.75. The highest BCUT2D eigenvalue weighted by atomic mass is 16.5. The number of amides is 1. The first-order valence-electron chi connectivity index (χ1n) is 8.04. The van der Waals surface area contributed by atoms with Gasteiger partial charge < -0.3 is 15.4 Å². The predicted molar refractivity (Wildman–Crippen MR) is 85.7 cm³/mol. The molecule has 0 aromatic heterocycles. The molecule has 2 N–H and O–H groups in total. The van der Waals surface area contributed by atoms with Gasteiger partial charge in [-0.15, -0.1) is 0 Å². The van der Waals surface area contributed by atoms with Gasteiger partial charge in [0.15, 0.2) is 0 Å². The van der Waals surface area contributed by atoms with Crippen molar-refractivity contribution in [1.29, 1.82) is 0 Å². The van der Waals surface area contributed by atoms with Crippen molar-refractivity contribution in [2.45, 2.75) is 51.5 Å². The fraction of sp³-hybridized carbons (Fsp3) is 0.588. The molecule has 1 aromatic rings. The van der Waals surface area contributed by atoms with Gasteiger partial charge >= 0.3 is 0 Å². The number of nitrogens with one attached hydrogen (secondary N) is 2. The summed E-state index contributed by atoms with van der Waals surface area (Å²) >= 11 is 0. The first kappa shape index (κ1) is 15.7. The lowest BCUT2D eigenvalue weighted by molar-refractivity contribution is -0.120. The third-order valence-electron chi connectivity index (χ3n) is 3.82. The number of hydrogen-bond donors (Lipinski definition) is 2. The molecule has 0 spiro atoms. The van der Waals surface area contributed by atoms with Crippen LogP contribution < -0.4 is 15.4 Å². The minimum atomic E-state index is 0.0729. The number of rotatable bonds is 6. The molecule has 1 aliphatic rings. The molecule has 2 rings (SSSR count). The second kappa shape index (κ2) is 8.55. The van der Waals surface area contributed by atoms with Crippen molar-refractivity contribution < 1.29 is 9.53 Å². The molecule has 1 saturated carbocycles. The van der Waals surface area contributed by atoms with E-state index >= 15 is 0 Å². The summed E-state index contributed by atoms with van der Waals surface area (Å²) < 4.78 is 5.45. The Hall–Kier alpha value is -1.71. The molecule has 4 nitrogen and oxygen atoms in total. The largest absolute Gasteiger partial charge is 0.494 e. The first-order chi connectivity index (χ1) is 10.3. The summed E-state index contributed by atoms with van der Waals surface area (Å²) in [6, 6.07) is 8.07. The SMILES string of the molecule is CCOc1cccc(NCC(=O)NC2CCCCCC2)c1. The fourth-order valence-corrected chi connectivity index (χ4v) is 2.75. The maximum Gasteiger partial charge on any atom is 0.239 e. The van der Waals surface area contributed by atoms with E-state index in [1.807, 2.05) is 31.2 Å². The normalized spacial score (nSPS) is 16.0. The smallest absolute Gasteiger partial charge is 0.239 e. The Morgan fingerprint density at radius 1 is 1.24 bits per heavy atom. The zero-order valence-corrected chi connectivity index (χ0v) is 12.9. The van der Waals surface area contributed by atoms with E-state index in [2.05, 4.69) is 10.6 Å². The van der Waals surface area contributed by atoms with Gasteiger partial charge in [0.05, 0.1) is 13.2 Å². The summed E-state index contributed by atoms with van der Waals surface area (Å²) in [4.78, 5) is 12.0. The van der Waals surface area contributed by atoms with E-state index in [0.29, 0.717) is 19.2 Å². The lowest BCUT2D eigenvalue weighted by atomic mass is 10.1. The van der Waals surface area contributed by atoms with E-state index in [1.165, 1.54) is 25.7 Å². The predicted octanol–water partition coefficient (Wildman–Crippen LogP) is 3.34. The molecule has 0 radical (unpaired) electrons. The molecule has 1 aromatic carbocycles. The molecule has 0 saturated heterocycles. The standard InChI is InChI=1S/C17H26N2O2/c1-2-21-16-11-7-10-15(12-16)18-13-17(20)19-14-8-5-3-4-6-9-14/h7,10-12,14,18H,2-6,8-9,13H2,1H3,(H,19,20). The van der Waals surface area contributed by atoms with E-state index in [1.54, 1.807) is 0 Å². The molecular weight excluding hydrogens is 264 g/mol. The number of carbonyl (C=O) groups is 1. The average molecular weight is 290 g/mol. The van der Waals surface area contributed by atoms with Crippen molar-refractivity contribution in [3.8, 4) is 5.75 Å². The van der Waals surface area contributed by atoms with E-state index in [-0.39, 0.29) is 5.91 Å². The highest BCUT2D eigenvalue weighted by Crippen LogP contribution is 2.18. The second-order valence-corrected chi connectivity index (χ2v) is 5.57. The zero-order chi connectivity index (χ0) is 14.9. The molecule has 1 aliphatic carbocycles. The molecule has 1 amide bonds. The summed E-state index contributed by atoms with van der Waals surface area (Å²) in [6.07, 6.45) is 7.30. The van der Waals surface area contributed by atoms with Crippen LogP contribution in [0.15, 0.2) is 24.3 Å². The second-order valence-electron chi connectivity index (χ2n) is 5.57. The quantitative estimate of drug-likeness (QED) is 0.790. The van der Waals surface area contributed by atoms with Crippen LogP contribution in [0.4, 0.5) is 5.69 Å². The molecule has 0 bridgehead atoms. The Balaban J connectivity index is 1.76. The lowest BCUT2D eigenvalue weighted by Gasteiger charge is -2.16. The van der Waals surface area contributed by atoms with Crippen LogP contribution in [0.1, 0.15) is 45.4 Å². The van der Waals surface area contributed by atoms with Gasteiger partial charge in [-0.3, -0.25) is 4.79 Å². The summed E-state index contributed by atoms with van der Waals surface area (Å²) in [5.74, 6) is 0.899. The van der Waals surface area contributed by atoms with Gasteiger partial charge in [-0.2, -0.15) is 0 Å². The number of benzene rings is 1. The van der Waals surface area contributed by atoms with Crippen molar-refractivity contribution >= 4 is 11.6 Å². The molecule has 1 fully saturated rings. The maximum absolute atomic E-state index is 12.0. The van der Waals surface area contributed by atoms with E-state index < -0.39 is 0 Å². The summed E-state index contributed by atoms with van der Waals surface area (Å²) in [7, 11) is 0. The van der Waals surface area contributed by atoms with Crippen LogP contribution in [0.3, 0.4) is 0 Å². The highest BCUT2D eigenvalue weighted by molar-refractivity contribution is 5.81. The molecule has 116 valence electrons. The van der Waals surface area contributed by atoms with Crippen LogP contribution in [0, 0.1) is 0 Å². The van der Waals surface area contributed by atoms with Crippen molar-refractivity contribution in [3.05, 3.63) is 24.3 Å². The number of anilines is 1. The van der Waals surface area contributed by atoms with Gasteiger partial charge in [0.2, 0.25) is 5.91 Å². The third kappa shape index (κ3) is 5.66. The van der Waals surface area contributed by atoms with Crippen molar-refractivity contribution in [2.75, 3.05) is 18.5 Å². The van der Waals surface area contributed by atoms with Gasteiger partial charge in [0.25, 0.3) is 0 Å². The molecule has 4 heteroatoms. The molecule has 0 unspecified atom stereocenters. The summed E-state index contributed by atoms with van der Waals surface area (Å²) in [5, 5.41) is 6.29. The zero-order valence-electron chi connectivity index (χ0n) is 12.9. The van der Waals surface area contributed by atoms with E-state index in [9.17, 15) is 4.79 Å². The van der Waals surface area contributed by atoms with Gasteiger partial charge in [0, 0.05) is 17.8 Å². The van der Waals surface area contributed by atoms with Crippen LogP contribution in [0.5, 0.6) is 5.75 Å². The first-order valence-corrected chi connectivity index (χ1v) is 8.04. The van der Waals surface area contributed by atoms with Crippen LogP contribution in [0.25, 0.3) is 0 Å². The van der Waals surface area contributed by atoms with Gasteiger partial charge in [-0.1, -0.05) is 31.7 Å². The van der Waals surface area contributed by atoms with Crippen molar-refractivity contribution in [1.82, 2.24) is 5.32 Å². The van der Waals surface area contributed by atoms with Gasteiger partial charge in [-0.05, 0) is 31.9 Å². The van der Waals surface area contributed by atoms with Gasteiger partial charge in [-0.25, -0.2) is 0 Å². The lowest BCUT2D eigenvalue weighted by Crippen LogP contribution is -2.38. The van der Waals surface area contributed by atoms with Crippen molar-refractivity contribution in [2.24, 2.45) is 0 Å². The monoisotopic (exact) mass is 290 g/mol. The Bertz CT molecular complexity index is 440. The Morgan fingerprint density at radius 3 is 2.71 bits per heavy atom. The number of ether oxygens (including phenoxy) is 1. The minimum absolute atomic E-state index is 0.0729. The van der Waals surface area contributed by atoms with E-state index in [0.717, 1.165) is 24.3 Å². The maximum atomic E-state index is 12.0. The fourth-order valence-electron chi connectivity index (χ4n) is 2.75. The van der Waals surface area contributed by atoms with Gasteiger partial charge in [0.1, 0.15) is 5.75 Å². The topological polar surface area (TPSA) is 50.4 Å².